The van der Waals surface area contributed by atoms with Crippen LogP contribution in [-0.2, 0) is 0 Å². The van der Waals surface area contributed by atoms with E-state index in [1.54, 1.807) is 36.4 Å². The number of furan rings is 1. The average Bonchev–Trinajstić information content (AvgIpc) is 3.31. The Morgan fingerprint density at radius 1 is 1.21 bits per heavy atom. The Bertz CT molecular complexity index is 720. The highest BCUT2D eigenvalue weighted by Crippen LogP contribution is 2.39. The summed E-state index contributed by atoms with van der Waals surface area (Å²) in [6.07, 6.45) is 3.48. The van der Waals surface area contributed by atoms with Crippen LogP contribution in [-0.4, -0.2) is 29.1 Å². The normalized spacial score (nSPS) is 16.2. The van der Waals surface area contributed by atoms with Crippen LogP contribution in [0.1, 0.15) is 40.7 Å². The number of carbonyl (C=O) groups excluding carboxylic acids is 2. The molecule has 1 aliphatic carbocycles. The molecule has 24 heavy (non-hydrogen) atoms. The zero-order valence-corrected chi connectivity index (χ0v) is 13.4. The lowest BCUT2D eigenvalue weighted by atomic mass is 9.96. The zero-order chi connectivity index (χ0) is 17.2. The van der Waals surface area contributed by atoms with Gasteiger partial charge in [-0.3, -0.25) is 9.59 Å². The number of amides is 2. The molecule has 0 bridgehead atoms. The van der Waals surface area contributed by atoms with Gasteiger partial charge in [0, 0.05) is 11.3 Å². The fourth-order valence-corrected chi connectivity index (χ4v) is 2.63. The Morgan fingerprint density at radius 3 is 2.46 bits per heavy atom. The van der Waals surface area contributed by atoms with Gasteiger partial charge >= 0.3 is 0 Å². The van der Waals surface area contributed by atoms with E-state index in [-0.39, 0.29) is 24.2 Å². The van der Waals surface area contributed by atoms with E-state index in [4.69, 9.17) is 4.42 Å². The molecule has 1 atom stereocenters. The summed E-state index contributed by atoms with van der Waals surface area (Å²) in [7, 11) is 0. The molecule has 0 radical (unpaired) electrons. The molecule has 2 amide bonds. The fourth-order valence-electron chi connectivity index (χ4n) is 2.63. The molecule has 1 heterocycles. The first kappa shape index (κ1) is 16.3. The van der Waals surface area contributed by atoms with Gasteiger partial charge in [-0.05, 0) is 62.1 Å². The Balaban J connectivity index is 1.63. The molecule has 0 aliphatic heterocycles. The van der Waals surface area contributed by atoms with Crippen molar-refractivity contribution in [1.29, 1.82) is 0 Å². The number of hydrogen-bond donors (Lipinski definition) is 3. The first-order valence-electron chi connectivity index (χ1n) is 7.90. The molecule has 2 aromatic rings. The molecule has 1 fully saturated rings. The molecule has 3 rings (SSSR count). The molecule has 1 saturated carbocycles. The maximum absolute atomic E-state index is 12.3. The third kappa shape index (κ3) is 3.49. The topological polar surface area (TPSA) is 91.6 Å². The minimum absolute atomic E-state index is 0.0826. The molecule has 1 aromatic carbocycles. The van der Waals surface area contributed by atoms with E-state index in [0.29, 0.717) is 17.2 Å². The summed E-state index contributed by atoms with van der Waals surface area (Å²) in [5.74, 6) is -0.0283. The lowest BCUT2D eigenvalue weighted by Gasteiger charge is -2.28. The maximum Gasteiger partial charge on any atom is 0.291 e. The largest absolute Gasteiger partial charge is 0.459 e. The van der Waals surface area contributed by atoms with E-state index >= 15 is 0 Å². The smallest absolute Gasteiger partial charge is 0.291 e. The first-order valence-corrected chi connectivity index (χ1v) is 7.90. The Morgan fingerprint density at radius 2 is 1.92 bits per heavy atom. The van der Waals surface area contributed by atoms with Gasteiger partial charge in [-0.25, -0.2) is 0 Å². The second-order valence-electron chi connectivity index (χ2n) is 6.31. The van der Waals surface area contributed by atoms with Crippen LogP contribution in [0.4, 0.5) is 5.69 Å². The van der Waals surface area contributed by atoms with Gasteiger partial charge in [0.05, 0.1) is 18.4 Å². The molecule has 1 aromatic heterocycles. The fraction of sp³-hybridized carbons (Fsp3) is 0.333. The van der Waals surface area contributed by atoms with Crippen molar-refractivity contribution in [3.63, 3.8) is 0 Å². The van der Waals surface area contributed by atoms with Crippen molar-refractivity contribution in [2.45, 2.75) is 25.3 Å². The summed E-state index contributed by atoms with van der Waals surface area (Å²) in [6.45, 7) is 1.78. The van der Waals surface area contributed by atoms with Crippen LogP contribution in [0.25, 0.3) is 0 Å². The third-order valence-corrected chi connectivity index (χ3v) is 4.36. The van der Waals surface area contributed by atoms with Crippen molar-refractivity contribution in [3.8, 4) is 0 Å². The monoisotopic (exact) mass is 328 g/mol. The molecule has 126 valence electrons. The van der Waals surface area contributed by atoms with E-state index < -0.39 is 5.54 Å². The molecule has 0 spiro atoms. The van der Waals surface area contributed by atoms with Crippen LogP contribution in [0.3, 0.4) is 0 Å². The van der Waals surface area contributed by atoms with Gasteiger partial charge in [0.15, 0.2) is 5.76 Å². The number of aliphatic hydroxyl groups is 1. The molecule has 6 nitrogen and oxygen atoms in total. The minimum Gasteiger partial charge on any atom is -0.459 e. The van der Waals surface area contributed by atoms with Crippen LogP contribution >= 0.6 is 0 Å². The van der Waals surface area contributed by atoms with Crippen molar-refractivity contribution in [1.82, 2.24) is 5.32 Å². The predicted molar refractivity (Wildman–Crippen MR) is 88.8 cm³/mol. The van der Waals surface area contributed by atoms with Crippen molar-refractivity contribution < 1.29 is 19.1 Å². The summed E-state index contributed by atoms with van der Waals surface area (Å²) in [4.78, 5) is 24.2. The van der Waals surface area contributed by atoms with Crippen molar-refractivity contribution in [3.05, 3.63) is 54.0 Å². The average molecular weight is 328 g/mol. The van der Waals surface area contributed by atoms with E-state index in [2.05, 4.69) is 10.6 Å². The molecular weight excluding hydrogens is 308 g/mol. The van der Waals surface area contributed by atoms with E-state index in [1.165, 1.54) is 6.26 Å². The van der Waals surface area contributed by atoms with Crippen LogP contribution in [0, 0.1) is 5.92 Å². The number of carbonyl (C=O) groups is 2. The van der Waals surface area contributed by atoms with Gasteiger partial charge in [-0.2, -0.15) is 0 Å². The zero-order valence-electron chi connectivity index (χ0n) is 13.4. The van der Waals surface area contributed by atoms with Gasteiger partial charge < -0.3 is 20.2 Å². The van der Waals surface area contributed by atoms with Crippen LogP contribution in [0.15, 0.2) is 47.1 Å². The number of anilines is 1. The van der Waals surface area contributed by atoms with E-state index in [0.717, 1.165) is 12.8 Å². The highest BCUT2D eigenvalue weighted by atomic mass is 16.3. The second kappa shape index (κ2) is 6.49. The number of rotatable bonds is 6. The van der Waals surface area contributed by atoms with Crippen molar-refractivity contribution in [2.75, 3.05) is 11.9 Å². The van der Waals surface area contributed by atoms with Crippen molar-refractivity contribution >= 4 is 17.5 Å². The minimum atomic E-state index is -0.580. The first-order chi connectivity index (χ1) is 11.5. The highest BCUT2D eigenvalue weighted by molar-refractivity contribution is 6.02. The number of benzene rings is 1. The van der Waals surface area contributed by atoms with Crippen LogP contribution in [0.2, 0.25) is 0 Å². The Labute approximate surface area is 139 Å². The molecule has 1 aliphatic rings. The Kier molecular flexibility index (Phi) is 4.40. The standard InChI is InChI=1S/C18H20N2O4/c1-18(11-21,13-6-7-13)20-16(22)12-4-8-14(9-5-12)19-17(23)15-3-2-10-24-15/h2-5,8-10,13,21H,6-7,11H2,1H3,(H,19,23)(H,20,22). The van der Waals surface area contributed by atoms with E-state index in [9.17, 15) is 14.7 Å². The molecule has 1 unspecified atom stereocenters. The third-order valence-electron chi connectivity index (χ3n) is 4.36. The number of aliphatic hydroxyl groups excluding tert-OH is 1. The quantitative estimate of drug-likeness (QED) is 0.759. The van der Waals surface area contributed by atoms with Gasteiger partial charge in [0.25, 0.3) is 11.8 Å². The van der Waals surface area contributed by atoms with E-state index in [1.807, 2.05) is 6.92 Å². The summed E-state index contributed by atoms with van der Waals surface area (Å²) in [5, 5.41) is 15.2. The molecule has 6 heteroatoms. The molecule has 3 N–H and O–H groups in total. The highest BCUT2D eigenvalue weighted by Gasteiger charge is 2.42. The SMILES string of the molecule is CC(CO)(NC(=O)c1ccc(NC(=O)c2ccco2)cc1)C1CC1. The van der Waals surface area contributed by atoms with Crippen LogP contribution in [0.5, 0.6) is 0 Å². The molecule has 0 saturated heterocycles. The van der Waals surface area contributed by atoms with Gasteiger partial charge in [-0.1, -0.05) is 0 Å². The molecular formula is C18H20N2O4. The Hall–Kier alpha value is -2.60. The van der Waals surface area contributed by atoms with Crippen LogP contribution < -0.4 is 10.6 Å². The van der Waals surface area contributed by atoms with Gasteiger partial charge in [-0.15, -0.1) is 0 Å². The number of nitrogens with one attached hydrogen (secondary N) is 2. The second-order valence-corrected chi connectivity index (χ2v) is 6.31. The lowest BCUT2D eigenvalue weighted by molar-refractivity contribution is 0.0824. The lowest BCUT2D eigenvalue weighted by Crippen LogP contribution is -2.50. The number of hydrogen-bond acceptors (Lipinski definition) is 4. The summed E-state index contributed by atoms with van der Waals surface area (Å²) in [6, 6.07) is 9.80. The summed E-state index contributed by atoms with van der Waals surface area (Å²) >= 11 is 0. The van der Waals surface area contributed by atoms with Gasteiger partial charge in [0.2, 0.25) is 0 Å². The maximum atomic E-state index is 12.3. The predicted octanol–water partition coefficient (Wildman–Crippen LogP) is 2.42. The summed E-state index contributed by atoms with van der Waals surface area (Å²) in [5.41, 5.74) is 0.467. The van der Waals surface area contributed by atoms with Gasteiger partial charge in [0.1, 0.15) is 0 Å². The van der Waals surface area contributed by atoms with Crippen molar-refractivity contribution in [2.24, 2.45) is 5.92 Å². The summed E-state index contributed by atoms with van der Waals surface area (Å²) < 4.78 is 5.03.